The lowest BCUT2D eigenvalue weighted by Crippen LogP contribution is -2.33. The number of carbonyl (C=O) groups is 2. The highest BCUT2D eigenvalue weighted by atomic mass is 16.5. The van der Waals surface area contributed by atoms with Crippen LogP contribution in [0.15, 0.2) is 18.2 Å². The Bertz CT molecular complexity index is 587. The molecule has 2 N–H and O–H groups in total. The van der Waals surface area contributed by atoms with Crippen LogP contribution in [0.3, 0.4) is 0 Å². The first-order valence-corrected chi connectivity index (χ1v) is 8.39. The third-order valence-electron chi connectivity index (χ3n) is 4.30. The second-order valence-electron chi connectivity index (χ2n) is 6.09. The van der Waals surface area contributed by atoms with E-state index in [1.54, 1.807) is 18.2 Å². The van der Waals surface area contributed by atoms with E-state index in [1.165, 1.54) is 7.11 Å². The van der Waals surface area contributed by atoms with Crippen LogP contribution in [0.25, 0.3) is 0 Å². The van der Waals surface area contributed by atoms with Crippen molar-refractivity contribution >= 4 is 11.9 Å². The van der Waals surface area contributed by atoms with Crippen molar-refractivity contribution in [3.8, 4) is 11.5 Å². The fourth-order valence-electron chi connectivity index (χ4n) is 2.86. The largest absolute Gasteiger partial charge is 0.493 e. The molecule has 0 aromatic heterocycles. The number of nitrogens with one attached hydrogen (secondary N) is 1. The number of hydrogen-bond acceptors (Lipinski definition) is 4. The normalized spacial score (nSPS) is 19.8. The summed E-state index contributed by atoms with van der Waals surface area (Å²) in [5.74, 6) is -0.228. The van der Waals surface area contributed by atoms with E-state index >= 15 is 0 Å². The van der Waals surface area contributed by atoms with Crippen molar-refractivity contribution in [2.75, 3.05) is 13.7 Å². The van der Waals surface area contributed by atoms with Gasteiger partial charge in [-0.15, -0.1) is 0 Å². The summed E-state index contributed by atoms with van der Waals surface area (Å²) in [6.45, 7) is 2.70. The molecular formula is C18H25NO5. The summed E-state index contributed by atoms with van der Waals surface area (Å²) in [4.78, 5) is 23.4. The number of amides is 1. The summed E-state index contributed by atoms with van der Waals surface area (Å²) in [6.07, 6.45) is 3.78. The maximum absolute atomic E-state index is 12.4. The second kappa shape index (κ2) is 8.57. The Kier molecular flexibility index (Phi) is 6.46. The molecule has 1 fully saturated rings. The Morgan fingerprint density at radius 2 is 2.08 bits per heavy atom. The minimum atomic E-state index is -0.790. The average molecular weight is 335 g/mol. The smallest absolute Gasteiger partial charge is 0.306 e. The number of hydrogen-bond donors (Lipinski definition) is 2. The molecule has 1 saturated carbocycles. The Balaban J connectivity index is 1.98. The number of carboxylic acid groups (broad SMARTS) is 1. The van der Waals surface area contributed by atoms with Gasteiger partial charge >= 0.3 is 5.97 Å². The van der Waals surface area contributed by atoms with Gasteiger partial charge in [-0.25, -0.2) is 0 Å². The molecule has 24 heavy (non-hydrogen) atoms. The van der Waals surface area contributed by atoms with Crippen molar-refractivity contribution in [1.29, 1.82) is 0 Å². The van der Waals surface area contributed by atoms with Crippen molar-refractivity contribution in [2.45, 2.75) is 45.1 Å². The topological polar surface area (TPSA) is 84.9 Å². The molecule has 6 heteroatoms. The van der Waals surface area contributed by atoms with Crippen molar-refractivity contribution in [3.05, 3.63) is 23.8 Å². The van der Waals surface area contributed by atoms with E-state index in [9.17, 15) is 9.59 Å². The monoisotopic (exact) mass is 335 g/mol. The third kappa shape index (κ3) is 4.63. The molecule has 1 amide bonds. The summed E-state index contributed by atoms with van der Waals surface area (Å²) in [6, 6.07) is 4.99. The van der Waals surface area contributed by atoms with Crippen LogP contribution < -0.4 is 14.8 Å². The van der Waals surface area contributed by atoms with Crippen molar-refractivity contribution in [2.24, 2.45) is 5.92 Å². The third-order valence-corrected chi connectivity index (χ3v) is 4.30. The summed E-state index contributed by atoms with van der Waals surface area (Å²) < 4.78 is 11.0. The SMILES string of the molecule is CCCCOc1ccc(C(=O)N[C@H]2CC[C@@H](C(=O)O)C2)cc1OC. The van der Waals surface area contributed by atoms with Gasteiger partial charge in [-0.2, -0.15) is 0 Å². The quantitative estimate of drug-likeness (QED) is 0.714. The Morgan fingerprint density at radius 3 is 2.71 bits per heavy atom. The van der Waals surface area contributed by atoms with Crippen molar-refractivity contribution < 1.29 is 24.2 Å². The maximum atomic E-state index is 12.4. The second-order valence-corrected chi connectivity index (χ2v) is 6.09. The van der Waals surface area contributed by atoms with Crippen molar-refractivity contribution in [3.63, 3.8) is 0 Å². The van der Waals surface area contributed by atoms with Crippen LogP contribution >= 0.6 is 0 Å². The Morgan fingerprint density at radius 1 is 1.29 bits per heavy atom. The Hall–Kier alpha value is -2.24. The van der Waals surface area contributed by atoms with Crippen LogP contribution in [0, 0.1) is 5.92 Å². The van der Waals surface area contributed by atoms with E-state index in [1.807, 2.05) is 0 Å². The van der Waals surface area contributed by atoms with Crippen LogP contribution in [-0.4, -0.2) is 36.7 Å². The molecule has 0 bridgehead atoms. The molecule has 0 saturated heterocycles. The number of benzene rings is 1. The molecule has 1 aliphatic rings. The molecule has 2 atom stereocenters. The average Bonchev–Trinajstić information content (AvgIpc) is 3.04. The van der Waals surface area contributed by atoms with E-state index < -0.39 is 5.97 Å². The van der Waals surface area contributed by atoms with Gasteiger partial charge in [0.15, 0.2) is 11.5 Å². The summed E-state index contributed by atoms with van der Waals surface area (Å²) in [7, 11) is 1.54. The molecule has 0 unspecified atom stereocenters. The molecule has 132 valence electrons. The van der Waals surface area contributed by atoms with Gasteiger partial charge in [-0.1, -0.05) is 13.3 Å². The number of rotatable bonds is 8. The highest BCUT2D eigenvalue weighted by Gasteiger charge is 2.30. The van der Waals surface area contributed by atoms with Gasteiger partial charge in [0.1, 0.15) is 0 Å². The highest BCUT2D eigenvalue weighted by Crippen LogP contribution is 2.29. The molecule has 0 spiro atoms. The van der Waals surface area contributed by atoms with E-state index in [0.717, 1.165) is 12.8 Å². The first-order valence-electron chi connectivity index (χ1n) is 8.39. The zero-order valence-corrected chi connectivity index (χ0v) is 14.2. The van der Waals surface area contributed by atoms with Gasteiger partial charge in [0.2, 0.25) is 0 Å². The van der Waals surface area contributed by atoms with Crippen LogP contribution in [0.5, 0.6) is 11.5 Å². The maximum Gasteiger partial charge on any atom is 0.306 e. The van der Waals surface area contributed by atoms with E-state index in [4.69, 9.17) is 14.6 Å². The number of unbranched alkanes of at least 4 members (excludes halogenated alkanes) is 1. The standard InChI is InChI=1S/C18H25NO5/c1-3-4-9-24-15-8-6-12(11-16(15)23-2)17(20)19-14-7-5-13(10-14)18(21)22/h6,8,11,13-14H,3-5,7,9-10H2,1-2H3,(H,19,20)(H,21,22)/t13-,14+/m1/s1. The zero-order chi connectivity index (χ0) is 17.5. The lowest BCUT2D eigenvalue weighted by molar-refractivity contribution is -0.141. The van der Waals surface area contributed by atoms with Crippen LogP contribution in [0.1, 0.15) is 49.4 Å². The molecule has 0 radical (unpaired) electrons. The van der Waals surface area contributed by atoms with Crippen LogP contribution in [0.2, 0.25) is 0 Å². The Labute approximate surface area is 142 Å². The van der Waals surface area contributed by atoms with Gasteiger partial charge in [-0.05, 0) is 43.9 Å². The lowest BCUT2D eigenvalue weighted by atomic mass is 10.1. The van der Waals surface area contributed by atoms with Crippen LogP contribution in [0.4, 0.5) is 0 Å². The fourth-order valence-corrected chi connectivity index (χ4v) is 2.86. The molecule has 0 aliphatic heterocycles. The summed E-state index contributed by atoms with van der Waals surface area (Å²) in [5.41, 5.74) is 0.480. The van der Waals surface area contributed by atoms with E-state index in [-0.39, 0.29) is 17.9 Å². The fraction of sp³-hybridized carbons (Fsp3) is 0.556. The number of ether oxygens (including phenoxy) is 2. The summed E-state index contributed by atoms with van der Waals surface area (Å²) in [5, 5.41) is 11.9. The minimum Gasteiger partial charge on any atom is -0.493 e. The number of aliphatic carboxylic acids is 1. The first-order chi connectivity index (χ1) is 11.5. The molecule has 0 heterocycles. The van der Waals surface area contributed by atoms with Gasteiger partial charge in [0, 0.05) is 11.6 Å². The number of methoxy groups -OCH3 is 1. The minimum absolute atomic E-state index is 0.0925. The molecule has 1 aromatic rings. The van der Waals surface area contributed by atoms with Crippen LogP contribution in [-0.2, 0) is 4.79 Å². The summed E-state index contributed by atoms with van der Waals surface area (Å²) >= 11 is 0. The van der Waals surface area contributed by atoms with Gasteiger partial charge in [0.05, 0.1) is 19.6 Å². The van der Waals surface area contributed by atoms with Crippen molar-refractivity contribution in [1.82, 2.24) is 5.32 Å². The van der Waals surface area contributed by atoms with E-state index in [0.29, 0.717) is 42.9 Å². The predicted molar refractivity (Wildman–Crippen MR) is 89.6 cm³/mol. The van der Waals surface area contributed by atoms with Gasteiger partial charge < -0.3 is 19.9 Å². The van der Waals surface area contributed by atoms with Gasteiger partial charge in [0.25, 0.3) is 5.91 Å². The first kappa shape index (κ1) is 18.1. The number of carboxylic acids is 1. The highest BCUT2D eigenvalue weighted by molar-refractivity contribution is 5.95. The zero-order valence-electron chi connectivity index (χ0n) is 14.2. The molecule has 6 nitrogen and oxygen atoms in total. The molecule has 1 aromatic carbocycles. The number of carbonyl (C=O) groups excluding carboxylic acids is 1. The molecule has 2 rings (SSSR count). The molecule has 1 aliphatic carbocycles. The van der Waals surface area contributed by atoms with E-state index in [2.05, 4.69) is 12.2 Å². The predicted octanol–water partition coefficient (Wildman–Crippen LogP) is 2.86. The van der Waals surface area contributed by atoms with Gasteiger partial charge in [-0.3, -0.25) is 9.59 Å². The molecular weight excluding hydrogens is 310 g/mol. The lowest BCUT2D eigenvalue weighted by Gasteiger charge is -2.15.